The summed E-state index contributed by atoms with van der Waals surface area (Å²) >= 11 is 0. The number of carboxylic acid groups (broad SMARTS) is 2. The second kappa shape index (κ2) is 19.4. The van der Waals surface area contributed by atoms with Crippen molar-refractivity contribution < 1.29 is 24.6 Å². The SMILES string of the molecule is CCCCCCCCCCCCCCCCCC(=O)N(CCC(=O)O)[C@@H](C)C(=O)O. The summed E-state index contributed by atoms with van der Waals surface area (Å²) in [6, 6.07) is -0.992. The molecule has 0 aromatic carbocycles. The molecule has 0 heterocycles. The molecule has 2 N–H and O–H groups in total. The second-order valence-electron chi connectivity index (χ2n) is 8.44. The number of unbranched alkanes of at least 4 members (excludes halogenated alkanes) is 14. The van der Waals surface area contributed by atoms with E-state index >= 15 is 0 Å². The van der Waals surface area contributed by atoms with Crippen molar-refractivity contribution in [3.63, 3.8) is 0 Å². The molecule has 0 fully saturated rings. The average Bonchev–Trinajstić information content (AvgIpc) is 2.70. The Kier molecular flexibility index (Phi) is 18.4. The van der Waals surface area contributed by atoms with Crippen molar-refractivity contribution in [2.24, 2.45) is 0 Å². The Labute approximate surface area is 183 Å². The molecule has 176 valence electrons. The molecule has 0 rings (SSSR count). The third-order valence-corrected chi connectivity index (χ3v) is 5.71. The first-order chi connectivity index (χ1) is 14.4. The predicted molar refractivity (Wildman–Crippen MR) is 121 cm³/mol. The van der Waals surface area contributed by atoms with E-state index in [0.717, 1.165) is 19.3 Å². The van der Waals surface area contributed by atoms with E-state index in [4.69, 9.17) is 10.2 Å². The molecule has 0 saturated carbocycles. The molecule has 0 aromatic heterocycles. The molecule has 0 aliphatic rings. The highest BCUT2D eigenvalue weighted by Crippen LogP contribution is 2.14. The minimum Gasteiger partial charge on any atom is -0.481 e. The van der Waals surface area contributed by atoms with Crippen LogP contribution < -0.4 is 0 Å². The monoisotopic (exact) mass is 427 g/mol. The molecule has 30 heavy (non-hydrogen) atoms. The molecule has 0 saturated heterocycles. The van der Waals surface area contributed by atoms with Gasteiger partial charge in [-0.05, 0) is 13.3 Å². The first-order valence-corrected chi connectivity index (χ1v) is 12.1. The van der Waals surface area contributed by atoms with Gasteiger partial charge < -0.3 is 15.1 Å². The van der Waals surface area contributed by atoms with Crippen LogP contribution in [0, 0.1) is 0 Å². The van der Waals surface area contributed by atoms with Crippen molar-refractivity contribution >= 4 is 17.8 Å². The van der Waals surface area contributed by atoms with E-state index in [-0.39, 0.29) is 25.3 Å². The molecule has 1 atom stereocenters. The number of hydrogen-bond acceptors (Lipinski definition) is 3. The van der Waals surface area contributed by atoms with Gasteiger partial charge in [0.15, 0.2) is 0 Å². The number of amides is 1. The smallest absolute Gasteiger partial charge is 0.326 e. The number of nitrogens with zero attached hydrogens (tertiary/aromatic N) is 1. The fourth-order valence-corrected chi connectivity index (χ4v) is 3.67. The molecular weight excluding hydrogens is 382 g/mol. The lowest BCUT2D eigenvalue weighted by molar-refractivity contribution is -0.150. The van der Waals surface area contributed by atoms with Gasteiger partial charge in [0, 0.05) is 13.0 Å². The van der Waals surface area contributed by atoms with Crippen LogP contribution in [0.3, 0.4) is 0 Å². The van der Waals surface area contributed by atoms with Gasteiger partial charge in [-0.1, -0.05) is 96.8 Å². The van der Waals surface area contributed by atoms with Gasteiger partial charge in [0.25, 0.3) is 0 Å². The molecule has 0 spiro atoms. The highest BCUT2D eigenvalue weighted by atomic mass is 16.4. The van der Waals surface area contributed by atoms with Crippen LogP contribution in [0.5, 0.6) is 0 Å². The summed E-state index contributed by atoms with van der Waals surface area (Å²) in [4.78, 5) is 35.4. The van der Waals surface area contributed by atoms with Gasteiger partial charge in [0.2, 0.25) is 5.91 Å². The summed E-state index contributed by atoms with van der Waals surface area (Å²) in [6.07, 6.45) is 18.8. The minimum absolute atomic E-state index is 0.0552. The Morgan fingerprint density at radius 3 is 1.43 bits per heavy atom. The number of carbonyl (C=O) groups is 3. The lowest BCUT2D eigenvalue weighted by Gasteiger charge is -2.26. The Hall–Kier alpha value is -1.59. The highest BCUT2D eigenvalue weighted by Gasteiger charge is 2.25. The Morgan fingerprint density at radius 2 is 1.07 bits per heavy atom. The number of aliphatic carboxylic acids is 2. The summed E-state index contributed by atoms with van der Waals surface area (Å²) in [5, 5.41) is 17.9. The van der Waals surface area contributed by atoms with Crippen molar-refractivity contribution in [1.82, 2.24) is 4.90 Å². The van der Waals surface area contributed by atoms with Gasteiger partial charge in [-0.15, -0.1) is 0 Å². The molecule has 0 unspecified atom stereocenters. The summed E-state index contributed by atoms with van der Waals surface area (Å²) in [5.74, 6) is -2.40. The molecule has 6 nitrogen and oxygen atoms in total. The highest BCUT2D eigenvalue weighted by molar-refractivity contribution is 5.83. The molecule has 0 bridgehead atoms. The number of hydrogen-bond donors (Lipinski definition) is 2. The molecule has 0 aliphatic carbocycles. The van der Waals surface area contributed by atoms with Crippen LogP contribution in [0.1, 0.15) is 123 Å². The first kappa shape index (κ1) is 28.4. The normalized spacial score (nSPS) is 11.9. The van der Waals surface area contributed by atoms with Crippen LogP contribution in [0.25, 0.3) is 0 Å². The van der Waals surface area contributed by atoms with E-state index in [2.05, 4.69) is 6.92 Å². The zero-order chi connectivity index (χ0) is 22.6. The Balaban J connectivity index is 3.68. The van der Waals surface area contributed by atoms with Crippen LogP contribution in [0.4, 0.5) is 0 Å². The van der Waals surface area contributed by atoms with Crippen molar-refractivity contribution in [2.75, 3.05) is 6.54 Å². The van der Waals surface area contributed by atoms with Crippen molar-refractivity contribution in [3.05, 3.63) is 0 Å². The Bertz CT molecular complexity index is 467. The maximum Gasteiger partial charge on any atom is 0.326 e. The third kappa shape index (κ3) is 16.2. The average molecular weight is 428 g/mol. The molecule has 1 amide bonds. The third-order valence-electron chi connectivity index (χ3n) is 5.71. The number of rotatable bonds is 21. The molecular formula is C24H45NO5. The summed E-state index contributed by atoms with van der Waals surface area (Å²) in [7, 11) is 0. The molecule has 0 radical (unpaired) electrons. The zero-order valence-corrected chi connectivity index (χ0v) is 19.4. The lowest BCUT2D eigenvalue weighted by atomic mass is 10.0. The van der Waals surface area contributed by atoms with Crippen LogP contribution in [0.2, 0.25) is 0 Å². The molecule has 6 heteroatoms. The second-order valence-corrected chi connectivity index (χ2v) is 8.44. The van der Waals surface area contributed by atoms with Gasteiger partial charge in [-0.3, -0.25) is 9.59 Å². The predicted octanol–water partition coefficient (Wildman–Crippen LogP) is 6.02. The van der Waals surface area contributed by atoms with E-state index in [1.54, 1.807) is 0 Å². The summed E-state index contributed by atoms with van der Waals surface area (Å²) in [6.45, 7) is 3.62. The fraction of sp³-hybridized carbons (Fsp3) is 0.875. The van der Waals surface area contributed by atoms with Crippen LogP contribution >= 0.6 is 0 Å². The largest absolute Gasteiger partial charge is 0.481 e. The van der Waals surface area contributed by atoms with E-state index in [1.165, 1.54) is 88.9 Å². The number of carbonyl (C=O) groups excluding carboxylic acids is 1. The van der Waals surface area contributed by atoms with Gasteiger partial charge in [-0.2, -0.15) is 0 Å². The van der Waals surface area contributed by atoms with Crippen molar-refractivity contribution in [3.8, 4) is 0 Å². The van der Waals surface area contributed by atoms with E-state index in [1.807, 2.05) is 0 Å². The fourth-order valence-electron chi connectivity index (χ4n) is 3.67. The van der Waals surface area contributed by atoms with Gasteiger partial charge in [-0.25, -0.2) is 4.79 Å². The van der Waals surface area contributed by atoms with Gasteiger partial charge in [0.1, 0.15) is 6.04 Å². The maximum absolute atomic E-state index is 12.3. The van der Waals surface area contributed by atoms with Crippen LogP contribution in [-0.4, -0.2) is 45.5 Å². The Morgan fingerprint density at radius 1 is 0.667 bits per heavy atom. The van der Waals surface area contributed by atoms with Crippen molar-refractivity contribution in [1.29, 1.82) is 0 Å². The topological polar surface area (TPSA) is 94.9 Å². The van der Waals surface area contributed by atoms with Crippen LogP contribution in [-0.2, 0) is 14.4 Å². The summed E-state index contributed by atoms with van der Waals surface area (Å²) < 4.78 is 0. The van der Waals surface area contributed by atoms with E-state index in [0.29, 0.717) is 0 Å². The first-order valence-electron chi connectivity index (χ1n) is 12.1. The van der Waals surface area contributed by atoms with Gasteiger partial charge >= 0.3 is 11.9 Å². The maximum atomic E-state index is 12.3. The number of carboxylic acids is 2. The quantitative estimate of drug-likeness (QED) is 0.218. The molecule has 0 aromatic rings. The van der Waals surface area contributed by atoms with E-state index < -0.39 is 18.0 Å². The zero-order valence-electron chi connectivity index (χ0n) is 19.4. The minimum atomic E-state index is -1.11. The van der Waals surface area contributed by atoms with E-state index in [9.17, 15) is 14.4 Å². The standard InChI is InChI=1S/C24H45NO5/c1-3-4-5-6-7-8-9-10-11-12-13-14-15-16-17-18-22(26)25(20-19-23(27)28)21(2)24(29)30/h21H,3-20H2,1-2H3,(H,27,28)(H,29,30)/t21-/m0/s1. The lowest BCUT2D eigenvalue weighted by Crippen LogP contribution is -2.44. The molecule has 0 aliphatic heterocycles. The summed E-state index contributed by atoms with van der Waals surface area (Å²) in [5.41, 5.74) is 0. The van der Waals surface area contributed by atoms with Crippen LogP contribution in [0.15, 0.2) is 0 Å². The van der Waals surface area contributed by atoms with Gasteiger partial charge in [0.05, 0.1) is 6.42 Å². The van der Waals surface area contributed by atoms with Crippen molar-refractivity contribution in [2.45, 2.75) is 129 Å².